The Morgan fingerprint density at radius 2 is 0.547 bits per heavy atom. The van der Waals surface area contributed by atoms with Crippen molar-refractivity contribution in [2.75, 3.05) is 13.2 Å². The molecule has 0 amide bonds. The van der Waals surface area contributed by atoms with Crippen molar-refractivity contribution in [3.8, 4) is 0 Å². The van der Waals surface area contributed by atoms with Crippen LogP contribution in [-0.4, -0.2) is 37.2 Å². The van der Waals surface area contributed by atoms with Crippen LogP contribution in [0.4, 0.5) is 0 Å². The summed E-state index contributed by atoms with van der Waals surface area (Å²) in [5.41, 5.74) is 0. The van der Waals surface area contributed by atoms with Gasteiger partial charge in [-0.15, -0.1) is 0 Å². The van der Waals surface area contributed by atoms with Crippen LogP contribution in [0.2, 0.25) is 0 Å². The minimum absolute atomic E-state index is 0.0845. The zero-order valence-corrected chi connectivity index (χ0v) is 49.3. The van der Waals surface area contributed by atoms with E-state index in [-0.39, 0.29) is 31.1 Å². The number of ether oxygens (including phenoxy) is 3. The molecule has 0 bridgehead atoms. The van der Waals surface area contributed by atoms with E-state index in [1.807, 2.05) is 0 Å². The number of hydrogen-bond acceptors (Lipinski definition) is 6. The lowest BCUT2D eigenvalue weighted by atomic mass is 10.0. The smallest absolute Gasteiger partial charge is 0.306 e. The molecule has 0 aromatic heterocycles. The first-order valence-electron chi connectivity index (χ1n) is 31.7. The lowest BCUT2D eigenvalue weighted by Crippen LogP contribution is -2.30. The van der Waals surface area contributed by atoms with Crippen molar-refractivity contribution in [3.05, 3.63) is 97.2 Å². The number of hydrogen-bond donors (Lipinski definition) is 0. The minimum atomic E-state index is -0.788. The Morgan fingerprint density at radius 1 is 0.280 bits per heavy atom. The summed E-state index contributed by atoms with van der Waals surface area (Å²) >= 11 is 0. The molecule has 0 aliphatic carbocycles. The number of carbonyl (C=O) groups excluding carboxylic acids is 3. The fraction of sp³-hybridized carbons (Fsp3) is 0.725. The molecule has 6 heteroatoms. The molecule has 1 atom stereocenters. The summed E-state index contributed by atoms with van der Waals surface area (Å²) in [6.07, 6.45) is 84.2. The zero-order valence-electron chi connectivity index (χ0n) is 49.3. The fourth-order valence-electron chi connectivity index (χ4n) is 8.80. The third-order valence-corrected chi connectivity index (χ3v) is 13.5. The predicted octanol–water partition coefficient (Wildman–Crippen LogP) is 21.7. The largest absolute Gasteiger partial charge is 0.462 e. The molecule has 0 N–H and O–H groups in total. The molecule has 0 aromatic carbocycles. The van der Waals surface area contributed by atoms with Crippen molar-refractivity contribution >= 4 is 17.9 Å². The van der Waals surface area contributed by atoms with Gasteiger partial charge in [-0.3, -0.25) is 14.4 Å². The van der Waals surface area contributed by atoms with Crippen molar-refractivity contribution in [1.29, 1.82) is 0 Å². The van der Waals surface area contributed by atoms with E-state index in [0.29, 0.717) is 19.3 Å². The summed E-state index contributed by atoms with van der Waals surface area (Å²) < 4.78 is 16.9. The molecule has 0 aliphatic heterocycles. The lowest BCUT2D eigenvalue weighted by molar-refractivity contribution is -0.167. The number of esters is 3. The highest BCUT2D eigenvalue weighted by molar-refractivity contribution is 5.71. The third-order valence-electron chi connectivity index (χ3n) is 13.5. The monoisotopic (exact) mass is 1040 g/mol. The van der Waals surface area contributed by atoms with Crippen LogP contribution in [0.15, 0.2) is 97.2 Å². The van der Waals surface area contributed by atoms with Gasteiger partial charge in [0.2, 0.25) is 0 Å². The number of rotatable bonds is 57. The van der Waals surface area contributed by atoms with E-state index >= 15 is 0 Å². The molecule has 0 aliphatic rings. The molecule has 6 nitrogen and oxygen atoms in total. The Hall–Kier alpha value is -3.67. The predicted molar refractivity (Wildman–Crippen MR) is 325 cm³/mol. The molecule has 0 fully saturated rings. The molecule has 1 unspecified atom stereocenters. The van der Waals surface area contributed by atoms with Crippen LogP contribution < -0.4 is 0 Å². The van der Waals surface area contributed by atoms with Gasteiger partial charge in [0.05, 0.1) is 0 Å². The molecule has 0 rings (SSSR count). The van der Waals surface area contributed by atoms with E-state index in [9.17, 15) is 14.4 Å². The Bertz CT molecular complexity index is 1480. The van der Waals surface area contributed by atoms with Crippen molar-refractivity contribution in [3.63, 3.8) is 0 Å². The Morgan fingerprint density at radius 3 is 0.880 bits per heavy atom. The molecule has 0 saturated carbocycles. The first-order chi connectivity index (χ1) is 37.0. The van der Waals surface area contributed by atoms with Crippen LogP contribution in [0, 0.1) is 0 Å². The van der Waals surface area contributed by atoms with E-state index in [1.54, 1.807) is 0 Å². The second-order valence-corrected chi connectivity index (χ2v) is 20.9. The van der Waals surface area contributed by atoms with Gasteiger partial charge in [-0.1, -0.05) is 266 Å². The van der Waals surface area contributed by atoms with E-state index in [0.717, 1.165) is 135 Å². The maximum absolute atomic E-state index is 12.9. The average Bonchev–Trinajstić information content (AvgIpc) is 3.41. The van der Waals surface area contributed by atoms with Crippen molar-refractivity contribution < 1.29 is 28.6 Å². The summed E-state index contributed by atoms with van der Waals surface area (Å²) in [4.78, 5) is 38.2. The van der Waals surface area contributed by atoms with Crippen LogP contribution in [0.25, 0.3) is 0 Å². The molecule has 0 aromatic rings. The first kappa shape index (κ1) is 71.3. The SMILES string of the molecule is CC/C=C\C/C=C\C/C=C\C/C=C\C/C=C\CCCCCCCCCCCCCCCC(=O)OCC(COC(=O)CCCCCCC/C=C\C/C=C\CCC)OC(=O)CCCCCCC/C=C\CCCCCCCC. The van der Waals surface area contributed by atoms with Crippen molar-refractivity contribution in [1.82, 2.24) is 0 Å². The zero-order chi connectivity index (χ0) is 54.3. The van der Waals surface area contributed by atoms with Gasteiger partial charge in [0.25, 0.3) is 0 Å². The molecule has 0 spiro atoms. The lowest BCUT2D eigenvalue weighted by Gasteiger charge is -2.18. The molecule has 0 radical (unpaired) electrons. The Labute approximate surface area is 464 Å². The van der Waals surface area contributed by atoms with Crippen LogP contribution in [0.5, 0.6) is 0 Å². The topological polar surface area (TPSA) is 78.9 Å². The normalized spacial score (nSPS) is 12.7. The van der Waals surface area contributed by atoms with E-state index in [4.69, 9.17) is 14.2 Å². The third kappa shape index (κ3) is 61.1. The van der Waals surface area contributed by atoms with E-state index in [1.165, 1.54) is 128 Å². The fourth-order valence-corrected chi connectivity index (χ4v) is 8.80. The van der Waals surface area contributed by atoms with Crippen molar-refractivity contribution in [2.24, 2.45) is 0 Å². The van der Waals surface area contributed by atoms with Gasteiger partial charge in [-0.05, 0) is 116 Å². The van der Waals surface area contributed by atoms with Gasteiger partial charge < -0.3 is 14.2 Å². The summed E-state index contributed by atoms with van der Waals surface area (Å²) in [6.45, 7) is 6.46. The maximum atomic E-state index is 12.9. The van der Waals surface area contributed by atoms with Gasteiger partial charge in [0, 0.05) is 19.3 Å². The summed E-state index contributed by atoms with van der Waals surface area (Å²) in [5, 5.41) is 0. The highest BCUT2D eigenvalue weighted by Gasteiger charge is 2.19. The quantitative estimate of drug-likeness (QED) is 0.0261. The van der Waals surface area contributed by atoms with Crippen LogP contribution in [0.1, 0.15) is 303 Å². The van der Waals surface area contributed by atoms with Gasteiger partial charge in [0.1, 0.15) is 13.2 Å². The van der Waals surface area contributed by atoms with Gasteiger partial charge in [0.15, 0.2) is 6.10 Å². The minimum Gasteiger partial charge on any atom is -0.462 e. The first-order valence-corrected chi connectivity index (χ1v) is 31.7. The van der Waals surface area contributed by atoms with Gasteiger partial charge in [-0.2, -0.15) is 0 Å². The average molecular weight is 1040 g/mol. The highest BCUT2D eigenvalue weighted by atomic mass is 16.6. The number of carbonyl (C=O) groups is 3. The Kier molecular flexibility index (Phi) is 59.8. The van der Waals surface area contributed by atoms with Crippen LogP contribution in [0.3, 0.4) is 0 Å². The number of allylic oxidation sites excluding steroid dienone is 16. The highest BCUT2D eigenvalue weighted by Crippen LogP contribution is 2.16. The second-order valence-electron chi connectivity index (χ2n) is 20.9. The summed E-state index contributed by atoms with van der Waals surface area (Å²) in [6, 6.07) is 0. The summed E-state index contributed by atoms with van der Waals surface area (Å²) in [5.74, 6) is -0.900. The number of unbranched alkanes of at least 4 members (excludes halogenated alkanes) is 30. The Balaban J connectivity index is 4.25. The second kappa shape index (κ2) is 62.9. The van der Waals surface area contributed by atoms with Crippen LogP contribution >= 0.6 is 0 Å². The molecule has 0 saturated heterocycles. The van der Waals surface area contributed by atoms with Crippen molar-refractivity contribution in [2.45, 2.75) is 309 Å². The standard InChI is InChI=1S/C69H118O6/c1-4-7-10-13-16-19-22-25-27-28-29-30-31-32-33-34-35-36-37-38-39-40-42-44-47-50-53-56-59-62-68(71)74-65-66(64-73-67(70)61-58-55-52-49-46-43-24-21-18-15-12-9-6-3)75-69(72)63-60-57-54-51-48-45-41-26-23-20-17-14-11-8-5-2/h7,10,12,15-16,19,21,24-27,29-30,32-33,41,66H,4-6,8-9,11,13-14,17-18,20,22-23,28,31,34-40,42-65H2,1-3H3/b10-7-,15-12-,19-16-,24-21-,27-25-,30-29-,33-32-,41-26-. The maximum Gasteiger partial charge on any atom is 0.306 e. The molecular weight excluding hydrogens is 925 g/mol. The van der Waals surface area contributed by atoms with Crippen LogP contribution in [-0.2, 0) is 28.6 Å². The van der Waals surface area contributed by atoms with E-state index in [2.05, 4.69) is 118 Å². The molecular formula is C69H118O6. The molecule has 75 heavy (non-hydrogen) atoms. The molecule has 430 valence electrons. The van der Waals surface area contributed by atoms with Gasteiger partial charge in [-0.25, -0.2) is 0 Å². The van der Waals surface area contributed by atoms with E-state index < -0.39 is 6.10 Å². The summed E-state index contributed by atoms with van der Waals surface area (Å²) in [7, 11) is 0. The molecule has 0 heterocycles. The van der Waals surface area contributed by atoms with Gasteiger partial charge >= 0.3 is 17.9 Å².